The zero-order valence-electron chi connectivity index (χ0n) is 14.8. The van der Waals surface area contributed by atoms with Crippen LogP contribution in [0.3, 0.4) is 0 Å². The standard InChI is InChI=1S/C18H31N3OS2/c1-2-3-4-5-6-7-8-9-10-11-12-13-16(22)20-17(23)21-18-19-14-15-24-18/h14-15H,2-13H2,1H3,(H2,19,20,21,22,23). The van der Waals surface area contributed by atoms with E-state index in [-0.39, 0.29) is 5.91 Å². The van der Waals surface area contributed by atoms with Crippen LogP contribution >= 0.6 is 23.6 Å². The maximum Gasteiger partial charge on any atom is 0.226 e. The second-order valence-corrected chi connectivity index (χ2v) is 7.43. The smallest absolute Gasteiger partial charge is 0.226 e. The summed E-state index contributed by atoms with van der Waals surface area (Å²) in [5, 5.41) is 8.50. The number of hydrogen-bond donors (Lipinski definition) is 2. The lowest BCUT2D eigenvalue weighted by atomic mass is 10.1. The molecular formula is C18H31N3OS2. The number of amides is 1. The predicted octanol–water partition coefficient (Wildman–Crippen LogP) is 5.66. The van der Waals surface area contributed by atoms with Crippen molar-refractivity contribution in [2.45, 2.75) is 84.0 Å². The summed E-state index contributed by atoms with van der Waals surface area (Å²) >= 11 is 6.54. The molecule has 0 radical (unpaired) electrons. The van der Waals surface area contributed by atoms with Gasteiger partial charge in [0, 0.05) is 18.0 Å². The molecule has 4 nitrogen and oxygen atoms in total. The molecule has 0 aliphatic carbocycles. The lowest BCUT2D eigenvalue weighted by Gasteiger charge is -2.07. The Morgan fingerprint density at radius 1 is 1.04 bits per heavy atom. The average Bonchev–Trinajstić information content (AvgIpc) is 3.05. The summed E-state index contributed by atoms with van der Waals surface area (Å²) < 4.78 is 0. The fourth-order valence-electron chi connectivity index (χ4n) is 2.55. The first-order chi connectivity index (χ1) is 11.7. The van der Waals surface area contributed by atoms with Gasteiger partial charge in [-0.25, -0.2) is 4.98 Å². The number of nitrogens with one attached hydrogen (secondary N) is 2. The monoisotopic (exact) mass is 369 g/mol. The van der Waals surface area contributed by atoms with Crippen LogP contribution in [0.1, 0.15) is 84.0 Å². The summed E-state index contributed by atoms with van der Waals surface area (Å²) in [6.07, 6.45) is 16.4. The number of nitrogens with zero attached hydrogens (tertiary/aromatic N) is 1. The lowest BCUT2D eigenvalue weighted by Crippen LogP contribution is -2.33. The molecule has 0 fully saturated rings. The highest BCUT2D eigenvalue weighted by atomic mass is 32.1. The molecule has 0 spiro atoms. The van der Waals surface area contributed by atoms with E-state index in [4.69, 9.17) is 12.2 Å². The van der Waals surface area contributed by atoms with Crippen LogP contribution in [0, 0.1) is 0 Å². The fourth-order valence-corrected chi connectivity index (χ4v) is 3.36. The van der Waals surface area contributed by atoms with E-state index in [1.54, 1.807) is 6.20 Å². The number of thiazole rings is 1. The molecule has 1 heterocycles. The van der Waals surface area contributed by atoms with Crippen LogP contribution in [0.2, 0.25) is 0 Å². The molecule has 1 aromatic heterocycles. The molecule has 1 amide bonds. The minimum atomic E-state index is -0.0139. The van der Waals surface area contributed by atoms with E-state index in [9.17, 15) is 4.79 Å². The summed E-state index contributed by atoms with van der Waals surface area (Å²) in [5.41, 5.74) is 0. The molecule has 0 saturated heterocycles. The molecule has 1 rings (SSSR count). The van der Waals surface area contributed by atoms with Gasteiger partial charge in [0.1, 0.15) is 0 Å². The normalized spacial score (nSPS) is 10.5. The fraction of sp³-hybridized carbons (Fsp3) is 0.722. The van der Waals surface area contributed by atoms with Crippen LogP contribution in [-0.2, 0) is 4.79 Å². The van der Waals surface area contributed by atoms with Crippen molar-refractivity contribution in [2.24, 2.45) is 0 Å². The minimum absolute atomic E-state index is 0.0139. The molecule has 6 heteroatoms. The first-order valence-electron chi connectivity index (χ1n) is 9.22. The summed E-state index contributed by atoms with van der Waals surface area (Å²) in [4.78, 5) is 15.9. The van der Waals surface area contributed by atoms with Gasteiger partial charge in [0.2, 0.25) is 5.91 Å². The topological polar surface area (TPSA) is 54.0 Å². The molecule has 0 aromatic carbocycles. The van der Waals surface area contributed by atoms with Gasteiger partial charge in [0.25, 0.3) is 0 Å². The van der Waals surface area contributed by atoms with Gasteiger partial charge in [-0.1, -0.05) is 71.1 Å². The summed E-state index contributed by atoms with van der Waals surface area (Å²) in [6, 6.07) is 0. The van der Waals surface area contributed by atoms with Gasteiger partial charge in [0.05, 0.1) is 0 Å². The van der Waals surface area contributed by atoms with Crippen molar-refractivity contribution < 1.29 is 4.79 Å². The van der Waals surface area contributed by atoms with E-state index in [2.05, 4.69) is 22.5 Å². The number of unbranched alkanes of at least 4 members (excludes halogenated alkanes) is 10. The van der Waals surface area contributed by atoms with E-state index < -0.39 is 0 Å². The largest absolute Gasteiger partial charge is 0.308 e. The molecule has 136 valence electrons. The maximum atomic E-state index is 11.8. The maximum absolute atomic E-state index is 11.8. The van der Waals surface area contributed by atoms with Crippen molar-refractivity contribution >= 4 is 39.7 Å². The number of hydrogen-bond acceptors (Lipinski definition) is 4. The molecule has 0 bridgehead atoms. The Bertz CT molecular complexity index is 449. The first-order valence-corrected chi connectivity index (χ1v) is 10.5. The van der Waals surface area contributed by atoms with Crippen molar-refractivity contribution in [1.29, 1.82) is 0 Å². The Hall–Kier alpha value is -1.01. The van der Waals surface area contributed by atoms with E-state index >= 15 is 0 Å². The number of aromatic nitrogens is 1. The van der Waals surface area contributed by atoms with Gasteiger partial charge in [0.15, 0.2) is 10.2 Å². The van der Waals surface area contributed by atoms with Crippen molar-refractivity contribution in [3.63, 3.8) is 0 Å². The molecule has 0 atom stereocenters. The van der Waals surface area contributed by atoms with Gasteiger partial charge in [-0.2, -0.15) is 0 Å². The third kappa shape index (κ3) is 11.5. The third-order valence-corrected chi connectivity index (χ3v) is 4.81. The zero-order chi connectivity index (χ0) is 17.5. The van der Waals surface area contributed by atoms with Crippen LogP contribution in [-0.4, -0.2) is 16.0 Å². The Morgan fingerprint density at radius 2 is 1.62 bits per heavy atom. The minimum Gasteiger partial charge on any atom is -0.308 e. The highest BCUT2D eigenvalue weighted by molar-refractivity contribution is 7.80. The van der Waals surface area contributed by atoms with E-state index in [1.165, 1.54) is 69.1 Å². The zero-order valence-corrected chi connectivity index (χ0v) is 16.4. The summed E-state index contributed by atoms with van der Waals surface area (Å²) in [6.45, 7) is 2.26. The van der Waals surface area contributed by atoms with Crippen LogP contribution < -0.4 is 10.6 Å². The van der Waals surface area contributed by atoms with Crippen LogP contribution in [0.15, 0.2) is 11.6 Å². The van der Waals surface area contributed by atoms with E-state index in [0.717, 1.165) is 12.8 Å². The SMILES string of the molecule is CCCCCCCCCCCCCC(=O)NC(=S)Nc1nccs1. The molecule has 0 aliphatic rings. The van der Waals surface area contributed by atoms with Crippen LogP contribution in [0.25, 0.3) is 0 Å². The number of rotatable bonds is 13. The predicted molar refractivity (Wildman–Crippen MR) is 108 cm³/mol. The lowest BCUT2D eigenvalue weighted by molar-refractivity contribution is -0.119. The van der Waals surface area contributed by atoms with Crippen molar-refractivity contribution in [3.05, 3.63) is 11.6 Å². The van der Waals surface area contributed by atoms with Gasteiger partial charge in [-0.15, -0.1) is 11.3 Å². The van der Waals surface area contributed by atoms with Crippen molar-refractivity contribution in [1.82, 2.24) is 10.3 Å². The number of thiocarbonyl (C=S) groups is 1. The average molecular weight is 370 g/mol. The summed E-state index contributed by atoms with van der Waals surface area (Å²) in [7, 11) is 0. The van der Waals surface area contributed by atoms with Crippen molar-refractivity contribution in [3.8, 4) is 0 Å². The Balaban J connectivity index is 1.88. The second kappa shape index (κ2) is 14.3. The highest BCUT2D eigenvalue weighted by Gasteiger charge is 2.05. The molecule has 2 N–H and O–H groups in total. The van der Waals surface area contributed by atoms with Crippen LogP contribution in [0.4, 0.5) is 5.13 Å². The number of carbonyl (C=O) groups is 1. The molecular weight excluding hydrogens is 338 g/mol. The molecule has 0 aliphatic heterocycles. The quantitative estimate of drug-likeness (QED) is 0.348. The third-order valence-electron chi connectivity index (χ3n) is 3.91. The van der Waals surface area contributed by atoms with Crippen LogP contribution in [0.5, 0.6) is 0 Å². The first kappa shape index (κ1) is 21.0. The molecule has 0 saturated carbocycles. The molecule has 24 heavy (non-hydrogen) atoms. The van der Waals surface area contributed by atoms with Gasteiger partial charge >= 0.3 is 0 Å². The number of carbonyl (C=O) groups excluding carboxylic acids is 1. The Labute approximate surface area is 155 Å². The number of anilines is 1. The Kier molecular flexibility index (Phi) is 12.6. The van der Waals surface area contributed by atoms with E-state index in [0.29, 0.717) is 16.7 Å². The second-order valence-electron chi connectivity index (χ2n) is 6.13. The summed E-state index contributed by atoms with van der Waals surface area (Å²) in [5.74, 6) is -0.0139. The Morgan fingerprint density at radius 3 is 2.17 bits per heavy atom. The van der Waals surface area contributed by atoms with Gasteiger partial charge in [-0.05, 0) is 18.6 Å². The molecule has 0 unspecified atom stereocenters. The van der Waals surface area contributed by atoms with Gasteiger partial charge in [-0.3, -0.25) is 4.79 Å². The molecule has 1 aromatic rings. The van der Waals surface area contributed by atoms with Gasteiger partial charge < -0.3 is 10.6 Å². The van der Waals surface area contributed by atoms with E-state index in [1.807, 2.05) is 5.38 Å². The highest BCUT2D eigenvalue weighted by Crippen LogP contribution is 2.12. The van der Waals surface area contributed by atoms with Crippen molar-refractivity contribution in [2.75, 3.05) is 5.32 Å².